The lowest BCUT2D eigenvalue weighted by molar-refractivity contribution is -0.0705. The van der Waals surface area contributed by atoms with E-state index in [1.165, 1.54) is 5.56 Å². The number of aromatic hydroxyl groups is 1. The van der Waals surface area contributed by atoms with Crippen molar-refractivity contribution in [3.63, 3.8) is 0 Å². The molecule has 1 aliphatic heterocycles. The van der Waals surface area contributed by atoms with Crippen LogP contribution in [0.2, 0.25) is 0 Å². The zero-order chi connectivity index (χ0) is 13.3. The fraction of sp³-hybridized carbons (Fsp3) is 0.538. The molecule has 0 bridgehead atoms. The summed E-state index contributed by atoms with van der Waals surface area (Å²) in [5.41, 5.74) is 1.17. The first-order valence-electron chi connectivity index (χ1n) is 6.00. The van der Waals surface area contributed by atoms with Gasteiger partial charge in [0, 0.05) is 19.6 Å². The maximum Gasteiger partial charge on any atom is 0.143 e. The molecule has 1 aromatic rings. The highest BCUT2D eigenvalue weighted by molar-refractivity contribution is 9.11. The van der Waals surface area contributed by atoms with Gasteiger partial charge >= 0.3 is 0 Å². The maximum absolute atomic E-state index is 9.69. The van der Waals surface area contributed by atoms with Crippen molar-refractivity contribution in [3.8, 4) is 5.75 Å². The Labute approximate surface area is 124 Å². The summed E-state index contributed by atoms with van der Waals surface area (Å²) >= 11 is 6.72. The van der Waals surface area contributed by atoms with Gasteiger partial charge in [0.1, 0.15) is 5.75 Å². The lowest BCUT2D eigenvalue weighted by Gasteiger charge is -2.35. The largest absolute Gasteiger partial charge is 0.506 e. The number of phenolic OH excluding ortho intramolecular Hbond substituents is 1. The van der Waals surface area contributed by atoms with Crippen LogP contribution in [0.1, 0.15) is 19.4 Å². The minimum absolute atomic E-state index is 0.252. The number of halogens is 2. The van der Waals surface area contributed by atoms with E-state index < -0.39 is 0 Å². The van der Waals surface area contributed by atoms with Gasteiger partial charge in [0.2, 0.25) is 0 Å². The minimum atomic E-state index is 0.252. The van der Waals surface area contributed by atoms with Gasteiger partial charge in [0.15, 0.2) is 0 Å². The Hall–Kier alpha value is -0.100. The molecule has 0 amide bonds. The van der Waals surface area contributed by atoms with Crippen molar-refractivity contribution in [3.05, 3.63) is 26.6 Å². The molecule has 2 atom stereocenters. The van der Waals surface area contributed by atoms with Crippen LogP contribution >= 0.6 is 31.9 Å². The molecule has 0 spiro atoms. The molecule has 1 saturated heterocycles. The fourth-order valence-electron chi connectivity index (χ4n) is 2.38. The smallest absolute Gasteiger partial charge is 0.143 e. The quantitative estimate of drug-likeness (QED) is 0.854. The van der Waals surface area contributed by atoms with Crippen molar-refractivity contribution in [1.29, 1.82) is 0 Å². The van der Waals surface area contributed by atoms with Gasteiger partial charge in [0.25, 0.3) is 0 Å². The molecule has 2 unspecified atom stereocenters. The van der Waals surface area contributed by atoms with Gasteiger partial charge in [-0.15, -0.1) is 0 Å². The number of phenols is 1. The first-order chi connectivity index (χ1) is 8.45. The maximum atomic E-state index is 9.69. The zero-order valence-electron chi connectivity index (χ0n) is 10.5. The monoisotopic (exact) mass is 377 g/mol. The summed E-state index contributed by atoms with van der Waals surface area (Å²) in [5, 5.41) is 9.69. The molecule has 5 heteroatoms. The SMILES string of the molecule is CC1CN(Cc2cc(Br)c(O)c(Br)c2)CC(C)O1. The highest BCUT2D eigenvalue weighted by Gasteiger charge is 2.22. The summed E-state index contributed by atoms with van der Waals surface area (Å²) < 4.78 is 7.17. The lowest BCUT2D eigenvalue weighted by Crippen LogP contribution is -2.44. The number of rotatable bonds is 2. The molecular weight excluding hydrogens is 362 g/mol. The third-order valence-electron chi connectivity index (χ3n) is 2.98. The van der Waals surface area contributed by atoms with Crippen LogP contribution in [0.4, 0.5) is 0 Å². The average molecular weight is 379 g/mol. The van der Waals surface area contributed by atoms with Crippen molar-refractivity contribution in [2.75, 3.05) is 13.1 Å². The van der Waals surface area contributed by atoms with Crippen molar-refractivity contribution < 1.29 is 9.84 Å². The normalized spacial score (nSPS) is 25.3. The number of hydrogen-bond donors (Lipinski definition) is 1. The van der Waals surface area contributed by atoms with Gasteiger partial charge in [0.05, 0.1) is 21.2 Å². The van der Waals surface area contributed by atoms with Crippen LogP contribution < -0.4 is 0 Å². The number of benzene rings is 1. The van der Waals surface area contributed by atoms with Gasteiger partial charge in [-0.05, 0) is 63.4 Å². The van der Waals surface area contributed by atoms with E-state index in [1.54, 1.807) is 0 Å². The Morgan fingerprint density at radius 1 is 1.22 bits per heavy atom. The predicted molar refractivity (Wildman–Crippen MR) is 78.8 cm³/mol. The minimum Gasteiger partial charge on any atom is -0.506 e. The summed E-state index contributed by atoms with van der Waals surface area (Å²) in [6, 6.07) is 3.93. The van der Waals surface area contributed by atoms with Gasteiger partial charge < -0.3 is 9.84 Å². The lowest BCUT2D eigenvalue weighted by atomic mass is 10.1. The van der Waals surface area contributed by atoms with Crippen LogP contribution in [-0.2, 0) is 11.3 Å². The van der Waals surface area contributed by atoms with E-state index >= 15 is 0 Å². The van der Waals surface area contributed by atoms with Crippen LogP contribution in [-0.4, -0.2) is 35.3 Å². The number of morpholine rings is 1. The van der Waals surface area contributed by atoms with Crippen molar-refractivity contribution in [2.45, 2.75) is 32.6 Å². The number of nitrogens with zero attached hydrogens (tertiary/aromatic N) is 1. The number of hydrogen-bond acceptors (Lipinski definition) is 3. The van der Waals surface area contributed by atoms with Crippen molar-refractivity contribution in [2.24, 2.45) is 0 Å². The second-order valence-electron chi connectivity index (χ2n) is 4.86. The molecule has 0 aliphatic carbocycles. The van der Waals surface area contributed by atoms with Gasteiger partial charge in [-0.2, -0.15) is 0 Å². The molecule has 1 aliphatic rings. The second kappa shape index (κ2) is 5.90. The molecule has 1 fully saturated rings. The van der Waals surface area contributed by atoms with E-state index in [2.05, 4.69) is 50.6 Å². The molecule has 0 saturated carbocycles. The molecular formula is C13H17Br2NO2. The van der Waals surface area contributed by atoms with E-state index in [4.69, 9.17) is 4.74 Å². The molecule has 1 heterocycles. The van der Waals surface area contributed by atoms with E-state index in [9.17, 15) is 5.11 Å². The third-order valence-corrected chi connectivity index (χ3v) is 4.19. The Kier molecular flexibility index (Phi) is 4.69. The summed E-state index contributed by atoms with van der Waals surface area (Å²) in [4.78, 5) is 2.38. The van der Waals surface area contributed by atoms with Crippen LogP contribution in [0.3, 0.4) is 0 Å². The molecule has 0 radical (unpaired) electrons. The van der Waals surface area contributed by atoms with Gasteiger partial charge in [-0.3, -0.25) is 4.90 Å². The Bertz CT molecular complexity index is 406. The predicted octanol–water partition coefficient (Wildman–Crippen LogP) is 3.53. The first-order valence-corrected chi connectivity index (χ1v) is 7.59. The van der Waals surface area contributed by atoms with Gasteiger partial charge in [-0.25, -0.2) is 0 Å². The average Bonchev–Trinajstić information content (AvgIpc) is 2.24. The molecule has 100 valence electrons. The van der Waals surface area contributed by atoms with E-state index in [1.807, 2.05) is 12.1 Å². The standard InChI is InChI=1S/C13H17Br2NO2/c1-8-5-16(6-9(2)18-8)7-10-3-11(14)13(17)12(15)4-10/h3-4,8-9,17H,5-7H2,1-2H3. The zero-order valence-corrected chi connectivity index (χ0v) is 13.7. The van der Waals surface area contributed by atoms with E-state index in [-0.39, 0.29) is 18.0 Å². The molecule has 3 nitrogen and oxygen atoms in total. The Morgan fingerprint density at radius 3 is 2.22 bits per heavy atom. The van der Waals surface area contributed by atoms with E-state index in [0.717, 1.165) is 28.6 Å². The van der Waals surface area contributed by atoms with E-state index in [0.29, 0.717) is 0 Å². The van der Waals surface area contributed by atoms with Crippen molar-refractivity contribution >= 4 is 31.9 Å². The molecule has 1 aromatic carbocycles. The number of ether oxygens (including phenoxy) is 1. The molecule has 18 heavy (non-hydrogen) atoms. The second-order valence-corrected chi connectivity index (χ2v) is 6.57. The van der Waals surface area contributed by atoms with Crippen LogP contribution in [0.15, 0.2) is 21.1 Å². The fourth-order valence-corrected chi connectivity index (χ4v) is 3.66. The third kappa shape index (κ3) is 3.47. The highest BCUT2D eigenvalue weighted by atomic mass is 79.9. The van der Waals surface area contributed by atoms with Crippen molar-refractivity contribution in [1.82, 2.24) is 4.90 Å². The van der Waals surface area contributed by atoms with Gasteiger partial charge in [-0.1, -0.05) is 0 Å². The van der Waals surface area contributed by atoms with Crippen LogP contribution in [0.5, 0.6) is 5.75 Å². The molecule has 0 aromatic heterocycles. The molecule has 1 N–H and O–H groups in total. The Balaban J connectivity index is 2.09. The van der Waals surface area contributed by atoms with Crippen LogP contribution in [0.25, 0.3) is 0 Å². The summed E-state index contributed by atoms with van der Waals surface area (Å²) in [6.45, 7) is 6.97. The summed E-state index contributed by atoms with van der Waals surface area (Å²) in [5.74, 6) is 0.252. The summed E-state index contributed by atoms with van der Waals surface area (Å²) in [7, 11) is 0. The Morgan fingerprint density at radius 2 is 1.72 bits per heavy atom. The highest BCUT2D eigenvalue weighted by Crippen LogP contribution is 2.33. The summed E-state index contributed by atoms with van der Waals surface area (Å²) in [6.07, 6.45) is 0.551. The van der Waals surface area contributed by atoms with Crippen LogP contribution in [0, 0.1) is 0 Å². The topological polar surface area (TPSA) is 32.7 Å². The first kappa shape index (κ1) is 14.3. The molecule has 2 rings (SSSR count).